The molecule has 254 valence electrons. The Kier molecular flexibility index (Phi) is 9.73. The summed E-state index contributed by atoms with van der Waals surface area (Å²) in [6.45, 7) is 12.1. The summed E-state index contributed by atoms with van der Waals surface area (Å²) >= 11 is 1.64. The predicted molar refractivity (Wildman–Crippen MR) is 181 cm³/mol. The third-order valence-electron chi connectivity index (χ3n) is 8.97. The van der Waals surface area contributed by atoms with E-state index in [-0.39, 0.29) is 25.2 Å². The van der Waals surface area contributed by atoms with Gasteiger partial charge in [0.25, 0.3) is 0 Å². The summed E-state index contributed by atoms with van der Waals surface area (Å²) in [6, 6.07) is 6.50. The molecule has 11 nitrogen and oxygen atoms in total. The summed E-state index contributed by atoms with van der Waals surface area (Å²) in [7, 11) is -0.432. The number of hydrogen-bond acceptors (Lipinski definition) is 11. The van der Waals surface area contributed by atoms with Crippen LogP contribution >= 0.6 is 11.8 Å². The van der Waals surface area contributed by atoms with E-state index in [1.165, 1.54) is 18.2 Å². The Bertz CT molecular complexity index is 1590. The number of ketones is 1. The fourth-order valence-electron chi connectivity index (χ4n) is 6.36. The van der Waals surface area contributed by atoms with E-state index in [2.05, 4.69) is 48.0 Å². The zero-order chi connectivity index (χ0) is 34.3. The lowest BCUT2D eigenvalue weighted by Crippen LogP contribution is -2.48. The van der Waals surface area contributed by atoms with Crippen molar-refractivity contribution in [2.75, 3.05) is 24.8 Å². The highest BCUT2D eigenvalue weighted by Crippen LogP contribution is 2.44. The number of rotatable bonds is 10. The minimum absolute atomic E-state index is 0.129. The topological polar surface area (TPSA) is 144 Å². The number of nitrogens with zero attached hydrogens (tertiary/aromatic N) is 1. The lowest BCUT2D eigenvalue weighted by molar-refractivity contribution is -0.163. The van der Waals surface area contributed by atoms with Gasteiger partial charge in [-0.3, -0.25) is 4.79 Å². The van der Waals surface area contributed by atoms with Crippen molar-refractivity contribution in [2.45, 2.75) is 89.9 Å². The maximum atomic E-state index is 13.8. The molecule has 0 saturated carbocycles. The number of carbonyl (C=O) groups excluding carboxylic acids is 4. The van der Waals surface area contributed by atoms with Crippen LogP contribution in [0.5, 0.6) is 0 Å². The number of hydrogen-bond donors (Lipinski definition) is 3. The zero-order valence-corrected chi connectivity index (χ0v) is 30.0. The van der Waals surface area contributed by atoms with Gasteiger partial charge in [0.15, 0.2) is 5.60 Å². The highest BCUT2D eigenvalue weighted by Gasteiger charge is 2.51. The van der Waals surface area contributed by atoms with Crippen molar-refractivity contribution in [1.82, 2.24) is 15.5 Å². The molecule has 5 rings (SSSR count). The number of nitrogens with one attached hydrogen (secondary N) is 2. The Morgan fingerprint density at radius 3 is 2.68 bits per heavy atom. The molecule has 2 atom stereocenters. The molecule has 1 aliphatic carbocycles. The first kappa shape index (κ1) is 34.8. The molecule has 1 aromatic rings. The summed E-state index contributed by atoms with van der Waals surface area (Å²) in [5, 5.41) is 18.1. The van der Waals surface area contributed by atoms with Gasteiger partial charge in [-0.05, 0) is 67.3 Å². The number of aryl methyl sites for hydroxylation is 1. The first-order valence-corrected chi connectivity index (χ1v) is 20.6. The van der Waals surface area contributed by atoms with Crippen LogP contribution in [0.3, 0.4) is 0 Å². The van der Waals surface area contributed by atoms with Crippen molar-refractivity contribution in [2.24, 2.45) is 0 Å². The molecule has 3 aliphatic heterocycles. The van der Waals surface area contributed by atoms with Crippen LogP contribution in [0.25, 0.3) is 6.08 Å². The molecule has 3 heterocycles. The second kappa shape index (κ2) is 13.2. The highest BCUT2D eigenvalue weighted by atomic mass is 32.2. The smallest absolute Gasteiger partial charge is 0.408 e. The van der Waals surface area contributed by atoms with E-state index in [1.54, 1.807) is 39.5 Å². The third kappa shape index (κ3) is 7.16. The fourth-order valence-corrected chi connectivity index (χ4v) is 11.0. The van der Waals surface area contributed by atoms with Gasteiger partial charge in [-0.15, -0.1) is 0 Å². The number of Topliss-reactive ketones (excluding diaryl/α,β-unsaturated/α-hetero) is 1. The van der Waals surface area contributed by atoms with Crippen molar-refractivity contribution in [3.05, 3.63) is 63.3 Å². The molecule has 1 unspecified atom stereocenters. The van der Waals surface area contributed by atoms with E-state index in [0.29, 0.717) is 34.8 Å². The number of benzene rings is 1. The molecule has 0 aromatic heterocycles. The zero-order valence-electron chi connectivity index (χ0n) is 28.2. The fraction of sp³-hybridized carbons (Fsp3) is 0.529. The number of methoxy groups -OCH3 is 1. The number of allylic oxidation sites excluding steroid dienone is 2. The van der Waals surface area contributed by atoms with Crippen molar-refractivity contribution >= 4 is 49.7 Å². The average Bonchev–Trinajstić information content (AvgIpc) is 3.36. The number of alkyl carbamates (subject to hydrolysis) is 1. The molecule has 1 aromatic carbocycles. The number of amides is 1. The van der Waals surface area contributed by atoms with Crippen LogP contribution in [0.2, 0.25) is 19.1 Å². The minimum atomic E-state index is -1.79. The van der Waals surface area contributed by atoms with Crippen molar-refractivity contribution in [1.29, 1.82) is 0 Å². The Hall–Kier alpha value is -3.55. The van der Waals surface area contributed by atoms with E-state index in [1.807, 2.05) is 4.90 Å². The largest absolute Gasteiger partial charge is 0.467 e. The number of thioether (sulfide) groups is 1. The molecule has 13 heteroatoms. The average molecular weight is 684 g/mol. The maximum Gasteiger partial charge on any atom is 0.408 e. The lowest BCUT2D eigenvalue weighted by Gasteiger charge is -2.36. The first-order chi connectivity index (χ1) is 22.1. The second-order valence-electron chi connectivity index (χ2n) is 14.2. The van der Waals surface area contributed by atoms with E-state index < -0.39 is 43.3 Å². The van der Waals surface area contributed by atoms with Gasteiger partial charge in [0, 0.05) is 23.4 Å². The second-order valence-corrected chi connectivity index (χ2v) is 20.9. The predicted octanol–water partition coefficient (Wildman–Crippen LogP) is 4.17. The van der Waals surface area contributed by atoms with E-state index in [9.17, 15) is 24.3 Å². The Morgan fingerprint density at radius 2 is 2.00 bits per heavy atom. The lowest BCUT2D eigenvalue weighted by atomic mass is 9.78. The number of ether oxygens (including phenoxy) is 3. The molecule has 0 bridgehead atoms. The van der Waals surface area contributed by atoms with Gasteiger partial charge >= 0.3 is 18.0 Å². The quantitative estimate of drug-likeness (QED) is 0.186. The summed E-state index contributed by atoms with van der Waals surface area (Å²) in [6.07, 6.45) is 2.70. The van der Waals surface area contributed by atoms with Gasteiger partial charge < -0.3 is 34.9 Å². The summed E-state index contributed by atoms with van der Waals surface area (Å²) in [5.74, 6) is -0.221. The van der Waals surface area contributed by atoms with Crippen LogP contribution in [0.1, 0.15) is 57.2 Å². The molecule has 0 radical (unpaired) electrons. The number of esters is 2. The Balaban J connectivity index is 1.24. The van der Waals surface area contributed by atoms with Crippen molar-refractivity contribution in [3.8, 4) is 0 Å². The van der Waals surface area contributed by atoms with Crippen molar-refractivity contribution < 1.29 is 38.5 Å². The minimum Gasteiger partial charge on any atom is -0.467 e. The van der Waals surface area contributed by atoms with Crippen LogP contribution < -0.4 is 10.6 Å². The molecule has 0 saturated heterocycles. The van der Waals surface area contributed by atoms with Crippen LogP contribution in [0, 0.1) is 0 Å². The summed E-state index contributed by atoms with van der Waals surface area (Å²) in [4.78, 5) is 52.9. The molecule has 47 heavy (non-hydrogen) atoms. The van der Waals surface area contributed by atoms with Crippen LogP contribution in [0.4, 0.5) is 4.79 Å². The molecule has 1 amide bonds. The molecular formula is C34H45N3O8SSi. The van der Waals surface area contributed by atoms with Crippen molar-refractivity contribution in [3.63, 3.8) is 0 Å². The number of fused-ring (bicyclic) bond motifs is 3. The summed E-state index contributed by atoms with van der Waals surface area (Å²) in [5.41, 5.74) is 3.09. The standard InChI is InChI=1S/C34H45N3O8SSi/c1-8-34(42)24-15-25-28(29(38)23(24)17-44-31(34)40)37-16-22-20(10-9-11-21(22)14-27(37)35-25)12-13-47(6,7)19-46-18-26(30(39)43-5)36-32(41)45-33(2,3)4/h9-11,14,26,35,42H,8,12-13,15-19H2,1-7H3,(H,36,41)/t26-,34?/m1/s1. The first-order valence-electron chi connectivity index (χ1n) is 16.0. The number of aliphatic hydroxyl groups is 1. The van der Waals surface area contributed by atoms with E-state index >= 15 is 0 Å². The molecule has 0 spiro atoms. The van der Waals surface area contributed by atoms with Gasteiger partial charge in [-0.25, -0.2) is 14.4 Å². The van der Waals surface area contributed by atoms with Gasteiger partial charge in [0.2, 0.25) is 5.78 Å². The molecule has 4 aliphatic rings. The van der Waals surface area contributed by atoms with E-state index in [4.69, 9.17) is 14.2 Å². The van der Waals surface area contributed by atoms with Gasteiger partial charge in [0.1, 0.15) is 29.8 Å². The third-order valence-corrected chi connectivity index (χ3v) is 15.1. The Labute approximate surface area is 281 Å². The molecular weight excluding hydrogens is 639 g/mol. The summed E-state index contributed by atoms with van der Waals surface area (Å²) < 4.78 is 15.5. The monoisotopic (exact) mass is 683 g/mol. The number of carbonyl (C=O) groups is 4. The van der Waals surface area contributed by atoms with E-state index in [0.717, 1.165) is 29.2 Å². The normalized spacial score (nSPS) is 21.1. The Morgan fingerprint density at radius 1 is 1.26 bits per heavy atom. The van der Waals surface area contributed by atoms with Gasteiger partial charge in [-0.1, -0.05) is 44.3 Å². The molecule has 3 N–H and O–H groups in total. The molecule has 0 fully saturated rings. The van der Waals surface area contributed by atoms with Crippen LogP contribution in [-0.4, -0.2) is 84.0 Å². The maximum absolute atomic E-state index is 13.8. The van der Waals surface area contributed by atoms with Gasteiger partial charge in [-0.2, -0.15) is 11.8 Å². The SMILES string of the molecule is CCC1(O)C(=O)OCC2=C1CC1=C(C2=O)N2Cc3c(cccc3CC[Si](C)(C)CSC[C@@H](NC(=O)OC(C)(C)C)C(=O)OC)C=C2N1. The number of cyclic esters (lactones) is 1. The highest BCUT2D eigenvalue weighted by molar-refractivity contribution is 8.01. The van der Waals surface area contributed by atoms with Gasteiger partial charge in [0.05, 0.1) is 21.7 Å². The van der Waals surface area contributed by atoms with Crippen LogP contribution in [-0.2, 0) is 41.6 Å². The van der Waals surface area contributed by atoms with Crippen LogP contribution in [0.15, 0.2) is 46.6 Å².